The minimum Gasteiger partial charge on any atom is -0.445 e. The van der Waals surface area contributed by atoms with Crippen LogP contribution in [0.3, 0.4) is 0 Å². The van der Waals surface area contributed by atoms with Crippen molar-refractivity contribution in [3.05, 3.63) is 71.8 Å². The largest absolute Gasteiger partial charge is 0.445 e. The molecule has 32 heavy (non-hydrogen) atoms. The van der Waals surface area contributed by atoms with Crippen molar-refractivity contribution in [2.24, 2.45) is 0 Å². The molecule has 0 radical (unpaired) electrons. The van der Waals surface area contributed by atoms with Crippen LogP contribution < -0.4 is 16.0 Å². The number of benzene rings is 2. The number of carbonyl (C=O) groups is 2. The van der Waals surface area contributed by atoms with E-state index in [4.69, 9.17) is 4.74 Å². The third-order valence-electron chi connectivity index (χ3n) is 5.64. The van der Waals surface area contributed by atoms with Crippen LogP contribution in [0.4, 0.5) is 4.79 Å². The van der Waals surface area contributed by atoms with Gasteiger partial charge in [-0.3, -0.25) is 4.79 Å². The normalized spacial score (nSPS) is 18.4. The smallest absolute Gasteiger partial charge is 0.408 e. The van der Waals surface area contributed by atoms with Gasteiger partial charge in [-0.05, 0) is 51.7 Å². The first-order valence-corrected chi connectivity index (χ1v) is 11.2. The Balaban J connectivity index is 1.66. The quantitative estimate of drug-likeness (QED) is 0.613. The number of alkyl carbamates (subject to hydrolysis) is 1. The molecule has 0 spiro atoms. The van der Waals surface area contributed by atoms with Crippen LogP contribution >= 0.6 is 0 Å². The van der Waals surface area contributed by atoms with Crippen molar-refractivity contribution in [1.82, 2.24) is 16.0 Å². The van der Waals surface area contributed by atoms with Gasteiger partial charge in [-0.25, -0.2) is 4.79 Å². The van der Waals surface area contributed by atoms with E-state index in [0.717, 1.165) is 24.0 Å². The Morgan fingerprint density at radius 3 is 2.03 bits per heavy atom. The third-order valence-corrected chi connectivity index (χ3v) is 5.64. The van der Waals surface area contributed by atoms with Gasteiger partial charge < -0.3 is 20.7 Å². The number of nitrogens with one attached hydrogen (secondary N) is 3. The summed E-state index contributed by atoms with van der Waals surface area (Å²) in [6.45, 7) is 8.74. The summed E-state index contributed by atoms with van der Waals surface area (Å²) in [6.07, 6.45) is 1.43. The summed E-state index contributed by atoms with van der Waals surface area (Å²) in [5.74, 6) is -0.191. The monoisotopic (exact) mass is 437 g/mol. The van der Waals surface area contributed by atoms with Gasteiger partial charge in [0.1, 0.15) is 12.6 Å². The summed E-state index contributed by atoms with van der Waals surface area (Å²) in [6, 6.07) is 18.5. The van der Waals surface area contributed by atoms with Crippen molar-refractivity contribution in [1.29, 1.82) is 0 Å². The fourth-order valence-corrected chi connectivity index (χ4v) is 4.69. The molecular formula is C26H35N3O3. The molecule has 3 rings (SSSR count). The zero-order valence-corrected chi connectivity index (χ0v) is 19.5. The Morgan fingerprint density at radius 2 is 1.47 bits per heavy atom. The molecule has 0 aromatic heterocycles. The topological polar surface area (TPSA) is 79.5 Å². The highest BCUT2D eigenvalue weighted by Gasteiger charge is 2.39. The van der Waals surface area contributed by atoms with Gasteiger partial charge in [0.2, 0.25) is 5.91 Å². The average molecular weight is 438 g/mol. The molecule has 0 unspecified atom stereocenters. The summed E-state index contributed by atoms with van der Waals surface area (Å²) >= 11 is 0. The summed E-state index contributed by atoms with van der Waals surface area (Å²) in [5, 5.41) is 9.59. The van der Waals surface area contributed by atoms with E-state index in [2.05, 4.69) is 43.6 Å². The summed E-state index contributed by atoms with van der Waals surface area (Å²) in [5.41, 5.74) is 1.70. The fraction of sp³-hybridized carbons (Fsp3) is 0.462. The molecule has 6 nitrogen and oxygen atoms in total. The lowest BCUT2D eigenvalue weighted by molar-refractivity contribution is -0.124. The van der Waals surface area contributed by atoms with Crippen LogP contribution in [0.1, 0.15) is 51.7 Å². The molecule has 1 heterocycles. The highest BCUT2D eigenvalue weighted by atomic mass is 16.5. The van der Waals surface area contributed by atoms with Gasteiger partial charge in [0.25, 0.3) is 0 Å². The minimum absolute atomic E-state index is 0.0224. The van der Waals surface area contributed by atoms with Crippen molar-refractivity contribution in [3.8, 4) is 0 Å². The zero-order valence-electron chi connectivity index (χ0n) is 19.5. The minimum atomic E-state index is -0.721. The standard InChI is InChI=1S/C26H35N3O3/c1-25(2)16-21(17-26(3,4)29-25)27-23(30)22(15-19-11-7-5-8-12-19)28-24(31)32-18-20-13-9-6-10-14-20/h5-14,21-22,29H,15-18H2,1-4H3,(H,27,30)(H,28,31)/t22-/m1/s1. The SMILES string of the molecule is CC1(C)CC(NC(=O)[C@@H](Cc2ccccc2)NC(=O)OCc2ccccc2)CC(C)(C)N1. The average Bonchev–Trinajstić information content (AvgIpc) is 2.71. The van der Waals surface area contributed by atoms with Gasteiger partial charge in [-0.2, -0.15) is 0 Å². The van der Waals surface area contributed by atoms with E-state index in [-0.39, 0.29) is 29.6 Å². The maximum Gasteiger partial charge on any atom is 0.408 e. The van der Waals surface area contributed by atoms with Crippen LogP contribution in [0, 0.1) is 0 Å². The second-order valence-electron chi connectivity index (χ2n) is 9.95. The summed E-state index contributed by atoms with van der Waals surface area (Å²) in [7, 11) is 0. The fourth-order valence-electron chi connectivity index (χ4n) is 4.69. The van der Waals surface area contributed by atoms with Crippen LogP contribution in [-0.2, 0) is 22.6 Å². The van der Waals surface area contributed by atoms with E-state index in [1.807, 2.05) is 60.7 Å². The van der Waals surface area contributed by atoms with Crippen molar-refractivity contribution < 1.29 is 14.3 Å². The molecule has 0 saturated carbocycles. The Kier molecular flexibility index (Phi) is 7.56. The molecule has 0 aliphatic carbocycles. The lowest BCUT2D eigenvalue weighted by Gasteiger charge is -2.46. The highest BCUT2D eigenvalue weighted by Crippen LogP contribution is 2.28. The Bertz CT molecular complexity index is 881. The molecule has 6 heteroatoms. The van der Waals surface area contributed by atoms with Gasteiger partial charge in [0.15, 0.2) is 0 Å². The zero-order chi connectivity index (χ0) is 23.2. The Hall–Kier alpha value is -2.86. The lowest BCUT2D eigenvalue weighted by atomic mass is 9.79. The summed E-state index contributed by atoms with van der Waals surface area (Å²) < 4.78 is 5.36. The third kappa shape index (κ3) is 7.38. The number of rotatable bonds is 7. The molecule has 3 N–H and O–H groups in total. The second-order valence-corrected chi connectivity index (χ2v) is 9.95. The number of carbonyl (C=O) groups excluding carboxylic acids is 2. The van der Waals surface area contributed by atoms with Crippen molar-refractivity contribution in [3.63, 3.8) is 0 Å². The maximum absolute atomic E-state index is 13.2. The Morgan fingerprint density at radius 1 is 0.938 bits per heavy atom. The van der Waals surface area contributed by atoms with E-state index >= 15 is 0 Å². The first kappa shape index (κ1) is 23.8. The van der Waals surface area contributed by atoms with E-state index in [0.29, 0.717) is 6.42 Å². The van der Waals surface area contributed by atoms with Crippen molar-refractivity contribution >= 4 is 12.0 Å². The van der Waals surface area contributed by atoms with Gasteiger partial charge in [-0.15, -0.1) is 0 Å². The maximum atomic E-state index is 13.2. The molecule has 1 fully saturated rings. The number of hydrogen-bond donors (Lipinski definition) is 3. The molecule has 2 aromatic carbocycles. The van der Waals surface area contributed by atoms with Crippen molar-refractivity contribution in [2.75, 3.05) is 0 Å². The molecule has 2 amide bonds. The van der Waals surface area contributed by atoms with Gasteiger partial charge in [0, 0.05) is 23.5 Å². The van der Waals surface area contributed by atoms with Crippen LogP contribution in [-0.4, -0.2) is 35.2 Å². The highest BCUT2D eigenvalue weighted by molar-refractivity contribution is 5.86. The lowest BCUT2D eigenvalue weighted by Crippen LogP contribution is -2.63. The molecular weight excluding hydrogens is 402 g/mol. The predicted molar refractivity (Wildman–Crippen MR) is 126 cm³/mol. The molecule has 1 aliphatic rings. The van der Waals surface area contributed by atoms with E-state index in [1.54, 1.807) is 0 Å². The van der Waals surface area contributed by atoms with Crippen LogP contribution in [0.5, 0.6) is 0 Å². The number of ether oxygens (including phenoxy) is 1. The number of amides is 2. The van der Waals surface area contributed by atoms with Gasteiger partial charge in [-0.1, -0.05) is 60.7 Å². The first-order valence-electron chi connectivity index (χ1n) is 11.2. The molecule has 0 bridgehead atoms. The molecule has 1 saturated heterocycles. The molecule has 2 aromatic rings. The van der Waals surface area contributed by atoms with E-state index in [9.17, 15) is 9.59 Å². The molecule has 172 valence electrons. The molecule has 1 atom stereocenters. The van der Waals surface area contributed by atoms with E-state index in [1.165, 1.54) is 0 Å². The first-order chi connectivity index (χ1) is 15.1. The number of hydrogen-bond acceptors (Lipinski definition) is 4. The van der Waals surface area contributed by atoms with Crippen LogP contribution in [0.15, 0.2) is 60.7 Å². The van der Waals surface area contributed by atoms with Gasteiger partial charge in [0.05, 0.1) is 0 Å². The van der Waals surface area contributed by atoms with Crippen molar-refractivity contribution in [2.45, 2.75) is 76.7 Å². The predicted octanol–water partition coefficient (Wildman–Crippen LogP) is 3.95. The summed E-state index contributed by atoms with van der Waals surface area (Å²) in [4.78, 5) is 25.7. The van der Waals surface area contributed by atoms with Crippen LogP contribution in [0.2, 0.25) is 0 Å². The van der Waals surface area contributed by atoms with Gasteiger partial charge >= 0.3 is 6.09 Å². The number of piperidine rings is 1. The van der Waals surface area contributed by atoms with Crippen LogP contribution in [0.25, 0.3) is 0 Å². The van der Waals surface area contributed by atoms with E-state index < -0.39 is 12.1 Å². The second kappa shape index (κ2) is 10.2. The molecule has 1 aliphatic heterocycles. The Labute approximate surface area is 191 Å².